The van der Waals surface area contributed by atoms with E-state index in [1.54, 1.807) is 13.8 Å². The Morgan fingerprint density at radius 1 is 1.73 bits per heavy atom. The van der Waals surface area contributed by atoms with E-state index < -0.39 is 6.04 Å². The second-order valence-corrected chi connectivity index (χ2v) is 1.99. The molecule has 0 aliphatic rings. The first-order valence-corrected chi connectivity index (χ1v) is 3.54. The summed E-state index contributed by atoms with van der Waals surface area (Å²) < 4.78 is 4.67. The molecule has 0 rings (SSSR count). The van der Waals surface area contributed by atoms with Crippen LogP contribution in [0.3, 0.4) is 0 Å². The fourth-order valence-corrected chi connectivity index (χ4v) is 0.545. The zero-order valence-electron chi connectivity index (χ0n) is 6.89. The molecule has 0 aliphatic carbocycles. The van der Waals surface area contributed by atoms with Crippen molar-refractivity contribution in [2.24, 2.45) is 5.73 Å². The second-order valence-electron chi connectivity index (χ2n) is 1.99. The van der Waals surface area contributed by atoms with Crippen LogP contribution in [0.15, 0.2) is 0 Å². The van der Waals surface area contributed by atoms with Crippen LogP contribution in [0.2, 0.25) is 0 Å². The molecular weight excluding hydrogens is 142 g/mol. The molecule has 0 amide bonds. The third-order valence-electron chi connectivity index (χ3n) is 1.09. The lowest BCUT2D eigenvalue weighted by Gasteiger charge is -2.05. The minimum atomic E-state index is -0.595. The number of hydrogen-bond donors (Lipinski definition) is 1. The summed E-state index contributed by atoms with van der Waals surface area (Å²) in [7, 11) is 0. The average molecular weight is 155 g/mol. The Bertz CT molecular complexity index is 178. The minimum absolute atomic E-state index is 0.367. The van der Waals surface area contributed by atoms with Crippen LogP contribution in [0, 0.1) is 11.8 Å². The molecule has 0 aliphatic heterocycles. The predicted molar refractivity (Wildman–Crippen MR) is 42.7 cm³/mol. The van der Waals surface area contributed by atoms with Crippen LogP contribution in [-0.4, -0.2) is 18.6 Å². The molecule has 0 spiro atoms. The highest BCUT2D eigenvalue weighted by Crippen LogP contribution is 1.89. The third kappa shape index (κ3) is 4.40. The lowest BCUT2D eigenvalue weighted by molar-refractivity contribution is -0.144. The van der Waals surface area contributed by atoms with Gasteiger partial charge in [-0.25, -0.2) is 0 Å². The molecular formula is C8H13NO2. The summed E-state index contributed by atoms with van der Waals surface area (Å²) in [5, 5.41) is 0. The topological polar surface area (TPSA) is 52.3 Å². The quantitative estimate of drug-likeness (QED) is 0.471. The summed E-state index contributed by atoms with van der Waals surface area (Å²) >= 11 is 0. The number of rotatable bonds is 3. The molecule has 11 heavy (non-hydrogen) atoms. The molecule has 0 fully saturated rings. The van der Waals surface area contributed by atoms with Gasteiger partial charge in [-0.3, -0.25) is 4.79 Å². The summed E-state index contributed by atoms with van der Waals surface area (Å²) in [6, 6.07) is -0.595. The Kier molecular flexibility index (Phi) is 5.22. The number of ether oxygens (including phenoxy) is 1. The molecule has 0 aromatic carbocycles. The SMILES string of the molecule is CC#CCC(N)C(=O)OCC. The van der Waals surface area contributed by atoms with E-state index in [1.165, 1.54) is 0 Å². The zero-order chi connectivity index (χ0) is 8.69. The van der Waals surface area contributed by atoms with Crippen LogP contribution in [0.4, 0.5) is 0 Å². The first-order valence-electron chi connectivity index (χ1n) is 3.54. The Balaban J connectivity index is 3.69. The highest BCUT2D eigenvalue weighted by atomic mass is 16.5. The van der Waals surface area contributed by atoms with Crippen molar-refractivity contribution < 1.29 is 9.53 Å². The number of carbonyl (C=O) groups is 1. The number of nitrogens with two attached hydrogens (primary N) is 1. The van der Waals surface area contributed by atoms with Gasteiger partial charge in [0.05, 0.1) is 6.61 Å². The normalized spacial score (nSPS) is 11.2. The molecule has 0 saturated heterocycles. The van der Waals surface area contributed by atoms with Gasteiger partial charge in [0.2, 0.25) is 0 Å². The van der Waals surface area contributed by atoms with Gasteiger partial charge in [-0.05, 0) is 13.8 Å². The van der Waals surface area contributed by atoms with Gasteiger partial charge in [-0.15, -0.1) is 11.8 Å². The molecule has 0 aromatic rings. The third-order valence-corrected chi connectivity index (χ3v) is 1.09. The zero-order valence-corrected chi connectivity index (χ0v) is 6.89. The van der Waals surface area contributed by atoms with Gasteiger partial charge in [0.15, 0.2) is 0 Å². The van der Waals surface area contributed by atoms with Crippen molar-refractivity contribution in [2.45, 2.75) is 26.3 Å². The van der Waals surface area contributed by atoms with E-state index in [-0.39, 0.29) is 5.97 Å². The molecule has 3 nitrogen and oxygen atoms in total. The summed E-state index contributed by atoms with van der Waals surface area (Å²) in [6.45, 7) is 3.82. The summed E-state index contributed by atoms with van der Waals surface area (Å²) in [5.41, 5.74) is 5.41. The number of esters is 1. The molecule has 2 N–H and O–H groups in total. The maximum Gasteiger partial charge on any atom is 0.323 e. The van der Waals surface area contributed by atoms with E-state index in [4.69, 9.17) is 5.73 Å². The van der Waals surface area contributed by atoms with Crippen molar-refractivity contribution in [1.29, 1.82) is 0 Å². The summed E-state index contributed by atoms with van der Waals surface area (Å²) in [6.07, 6.45) is 0.370. The van der Waals surface area contributed by atoms with Crippen molar-refractivity contribution in [3.8, 4) is 11.8 Å². The van der Waals surface area contributed by atoms with E-state index in [1.807, 2.05) is 0 Å². The van der Waals surface area contributed by atoms with Crippen LogP contribution in [0.25, 0.3) is 0 Å². The maximum atomic E-state index is 10.8. The first-order chi connectivity index (χ1) is 5.22. The summed E-state index contributed by atoms with van der Waals surface area (Å²) in [4.78, 5) is 10.8. The van der Waals surface area contributed by atoms with E-state index in [9.17, 15) is 4.79 Å². The van der Waals surface area contributed by atoms with Crippen molar-refractivity contribution in [1.82, 2.24) is 0 Å². The van der Waals surface area contributed by atoms with Crippen LogP contribution < -0.4 is 5.73 Å². The summed E-state index contributed by atoms with van der Waals surface area (Å²) in [5.74, 6) is 4.99. The molecule has 1 unspecified atom stereocenters. The van der Waals surface area contributed by atoms with Gasteiger partial charge in [-0.1, -0.05) is 0 Å². The van der Waals surface area contributed by atoms with E-state index in [2.05, 4.69) is 16.6 Å². The van der Waals surface area contributed by atoms with Crippen molar-refractivity contribution in [3.05, 3.63) is 0 Å². The maximum absolute atomic E-state index is 10.8. The molecule has 0 aromatic heterocycles. The van der Waals surface area contributed by atoms with Gasteiger partial charge < -0.3 is 10.5 Å². The first kappa shape index (κ1) is 9.99. The van der Waals surface area contributed by atoms with E-state index in [0.717, 1.165) is 0 Å². The molecule has 0 saturated carbocycles. The molecule has 0 bridgehead atoms. The Morgan fingerprint density at radius 3 is 2.82 bits per heavy atom. The Labute approximate surface area is 66.9 Å². The van der Waals surface area contributed by atoms with Crippen molar-refractivity contribution in [3.63, 3.8) is 0 Å². The average Bonchev–Trinajstić information content (AvgIpc) is 2.00. The highest BCUT2D eigenvalue weighted by Gasteiger charge is 2.11. The lowest BCUT2D eigenvalue weighted by atomic mass is 10.2. The lowest BCUT2D eigenvalue weighted by Crippen LogP contribution is -2.31. The van der Waals surface area contributed by atoms with Crippen LogP contribution >= 0.6 is 0 Å². The monoisotopic (exact) mass is 155 g/mol. The Morgan fingerprint density at radius 2 is 2.36 bits per heavy atom. The molecule has 0 radical (unpaired) electrons. The molecule has 1 atom stereocenters. The van der Waals surface area contributed by atoms with Gasteiger partial charge in [0, 0.05) is 6.42 Å². The van der Waals surface area contributed by atoms with E-state index >= 15 is 0 Å². The molecule has 62 valence electrons. The largest absolute Gasteiger partial charge is 0.465 e. The molecule has 0 heterocycles. The fraction of sp³-hybridized carbons (Fsp3) is 0.625. The smallest absolute Gasteiger partial charge is 0.323 e. The van der Waals surface area contributed by atoms with E-state index in [0.29, 0.717) is 13.0 Å². The van der Waals surface area contributed by atoms with Crippen molar-refractivity contribution in [2.75, 3.05) is 6.61 Å². The second kappa shape index (κ2) is 5.75. The van der Waals surface area contributed by atoms with Crippen LogP contribution in [-0.2, 0) is 9.53 Å². The van der Waals surface area contributed by atoms with Gasteiger partial charge in [-0.2, -0.15) is 0 Å². The van der Waals surface area contributed by atoms with Gasteiger partial charge in [0.1, 0.15) is 6.04 Å². The van der Waals surface area contributed by atoms with Crippen molar-refractivity contribution >= 4 is 5.97 Å². The number of carbonyl (C=O) groups excluding carboxylic acids is 1. The standard InChI is InChI=1S/C8H13NO2/c1-3-5-6-7(9)8(10)11-4-2/h7H,4,6,9H2,1-2H3. The predicted octanol–water partition coefficient (Wildman–Crippen LogP) is 0.290. The minimum Gasteiger partial charge on any atom is -0.465 e. The Hall–Kier alpha value is -1.01. The van der Waals surface area contributed by atoms with Gasteiger partial charge >= 0.3 is 5.97 Å². The van der Waals surface area contributed by atoms with Crippen LogP contribution in [0.1, 0.15) is 20.3 Å². The highest BCUT2D eigenvalue weighted by molar-refractivity contribution is 5.75. The number of hydrogen-bond acceptors (Lipinski definition) is 3. The molecule has 3 heteroatoms. The van der Waals surface area contributed by atoms with Gasteiger partial charge in [0.25, 0.3) is 0 Å². The fourth-order valence-electron chi connectivity index (χ4n) is 0.545. The van der Waals surface area contributed by atoms with Crippen LogP contribution in [0.5, 0.6) is 0 Å².